The zero-order chi connectivity index (χ0) is 13.5. The smallest absolute Gasteiger partial charge is 0.260 e. The number of ether oxygens (including phenoxy) is 1. The molecule has 0 spiro atoms. The Morgan fingerprint density at radius 3 is 2.95 bits per heavy atom. The summed E-state index contributed by atoms with van der Waals surface area (Å²) in [6, 6.07) is 5.77. The number of para-hydroxylation sites is 1. The van der Waals surface area contributed by atoms with Gasteiger partial charge in [-0.3, -0.25) is 0 Å². The minimum Gasteiger partial charge on any atom is -0.398 e. The van der Waals surface area contributed by atoms with Gasteiger partial charge in [-0.05, 0) is 38.3 Å². The quantitative estimate of drug-likeness (QED) is 0.839. The number of nitrogens with two attached hydrogens (primary N) is 1. The Labute approximate surface area is 111 Å². The third kappa shape index (κ3) is 2.00. The van der Waals surface area contributed by atoms with Crippen LogP contribution in [-0.4, -0.2) is 16.7 Å². The van der Waals surface area contributed by atoms with Crippen molar-refractivity contribution < 1.29 is 9.26 Å². The maximum atomic E-state index is 6.05. The van der Waals surface area contributed by atoms with E-state index in [4.69, 9.17) is 15.0 Å². The van der Waals surface area contributed by atoms with Gasteiger partial charge < -0.3 is 15.0 Å². The monoisotopic (exact) mass is 259 g/mol. The van der Waals surface area contributed by atoms with E-state index < -0.39 is 5.60 Å². The van der Waals surface area contributed by atoms with Crippen molar-refractivity contribution in [2.75, 3.05) is 12.3 Å². The Morgan fingerprint density at radius 2 is 2.21 bits per heavy atom. The zero-order valence-electron chi connectivity index (χ0n) is 11.1. The van der Waals surface area contributed by atoms with Crippen LogP contribution in [-0.2, 0) is 10.3 Å². The van der Waals surface area contributed by atoms with Crippen LogP contribution in [0.3, 0.4) is 0 Å². The molecule has 2 aromatic rings. The molecule has 1 unspecified atom stereocenters. The van der Waals surface area contributed by atoms with Gasteiger partial charge in [0.15, 0.2) is 0 Å². The van der Waals surface area contributed by atoms with Crippen LogP contribution < -0.4 is 5.73 Å². The molecule has 0 radical (unpaired) electrons. The Hall–Kier alpha value is -1.88. The first kappa shape index (κ1) is 12.2. The fourth-order valence-corrected chi connectivity index (χ4v) is 2.37. The van der Waals surface area contributed by atoms with Gasteiger partial charge >= 0.3 is 0 Å². The lowest BCUT2D eigenvalue weighted by Crippen LogP contribution is -2.21. The molecule has 1 saturated heterocycles. The fraction of sp³-hybridized carbons (Fsp3) is 0.429. The normalized spacial score (nSPS) is 22.8. The minimum atomic E-state index is -0.430. The number of benzene rings is 1. The molecule has 1 atom stereocenters. The molecule has 1 fully saturated rings. The highest BCUT2D eigenvalue weighted by Crippen LogP contribution is 2.35. The van der Waals surface area contributed by atoms with Crippen LogP contribution in [0, 0.1) is 6.92 Å². The first-order valence-electron chi connectivity index (χ1n) is 6.44. The number of anilines is 1. The maximum Gasteiger partial charge on any atom is 0.260 e. The highest BCUT2D eigenvalue weighted by atomic mass is 16.5. The van der Waals surface area contributed by atoms with Crippen LogP contribution in [0.15, 0.2) is 22.7 Å². The summed E-state index contributed by atoms with van der Waals surface area (Å²) in [7, 11) is 0. The number of hydrogen-bond donors (Lipinski definition) is 1. The highest BCUT2D eigenvalue weighted by Gasteiger charge is 2.36. The lowest BCUT2D eigenvalue weighted by Gasteiger charge is -2.17. The molecule has 5 nitrogen and oxygen atoms in total. The van der Waals surface area contributed by atoms with Gasteiger partial charge in [0.05, 0.1) is 5.56 Å². The molecule has 1 aliphatic heterocycles. The first-order chi connectivity index (χ1) is 9.10. The van der Waals surface area contributed by atoms with Gasteiger partial charge in [0, 0.05) is 12.3 Å². The van der Waals surface area contributed by atoms with Crippen molar-refractivity contribution in [2.45, 2.75) is 32.3 Å². The molecule has 0 amide bonds. The number of hydrogen-bond acceptors (Lipinski definition) is 5. The Kier molecular flexibility index (Phi) is 2.78. The van der Waals surface area contributed by atoms with Gasteiger partial charge in [-0.15, -0.1) is 0 Å². The van der Waals surface area contributed by atoms with Crippen molar-refractivity contribution in [1.29, 1.82) is 0 Å². The summed E-state index contributed by atoms with van der Waals surface area (Å²) in [6.07, 6.45) is 1.93. The second kappa shape index (κ2) is 4.35. The van der Waals surface area contributed by atoms with Gasteiger partial charge in [-0.1, -0.05) is 17.3 Å². The van der Waals surface area contributed by atoms with E-state index in [9.17, 15) is 0 Å². The zero-order valence-corrected chi connectivity index (χ0v) is 11.1. The number of rotatable bonds is 2. The standard InChI is InChI=1S/C14H17N3O2/c1-9-5-3-6-10(11(9)15)12-16-13(17-19-12)14(2)7-4-8-18-14/h3,5-6H,4,7-8,15H2,1-2H3. The van der Waals surface area contributed by atoms with E-state index >= 15 is 0 Å². The van der Waals surface area contributed by atoms with Gasteiger partial charge in [0.1, 0.15) is 5.60 Å². The molecule has 1 aromatic heterocycles. The van der Waals surface area contributed by atoms with E-state index in [2.05, 4.69) is 10.1 Å². The lowest BCUT2D eigenvalue weighted by atomic mass is 10.0. The second-order valence-corrected chi connectivity index (χ2v) is 5.14. The predicted octanol–water partition coefficient (Wildman–Crippen LogP) is 2.65. The Morgan fingerprint density at radius 1 is 1.37 bits per heavy atom. The van der Waals surface area contributed by atoms with Crippen molar-refractivity contribution in [1.82, 2.24) is 10.1 Å². The van der Waals surface area contributed by atoms with E-state index in [0.29, 0.717) is 17.4 Å². The van der Waals surface area contributed by atoms with E-state index in [-0.39, 0.29) is 0 Å². The van der Waals surface area contributed by atoms with Crippen molar-refractivity contribution in [2.24, 2.45) is 0 Å². The van der Waals surface area contributed by atoms with E-state index in [1.807, 2.05) is 32.0 Å². The van der Waals surface area contributed by atoms with Crippen LogP contribution in [0.2, 0.25) is 0 Å². The van der Waals surface area contributed by atoms with Crippen LogP contribution in [0.4, 0.5) is 5.69 Å². The van der Waals surface area contributed by atoms with Gasteiger partial charge in [-0.2, -0.15) is 4.98 Å². The van der Waals surface area contributed by atoms with Gasteiger partial charge in [-0.25, -0.2) is 0 Å². The highest BCUT2D eigenvalue weighted by molar-refractivity contribution is 5.73. The van der Waals surface area contributed by atoms with Crippen molar-refractivity contribution in [3.05, 3.63) is 29.6 Å². The predicted molar refractivity (Wildman–Crippen MR) is 71.4 cm³/mol. The molecule has 0 bridgehead atoms. The molecule has 0 aliphatic carbocycles. The number of nitrogen functional groups attached to an aromatic ring is 1. The summed E-state index contributed by atoms with van der Waals surface area (Å²) in [6.45, 7) is 4.69. The average molecular weight is 259 g/mol. The summed E-state index contributed by atoms with van der Waals surface area (Å²) in [5.74, 6) is 1.05. The molecule has 2 heterocycles. The summed E-state index contributed by atoms with van der Waals surface area (Å²) < 4.78 is 11.1. The average Bonchev–Trinajstić information content (AvgIpc) is 3.02. The van der Waals surface area contributed by atoms with Gasteiger partial charge in [0.25, 0.3) is 5.89 Å². The number of nitrogens with zero attached hydrogens (tertiary/aromatic N) is 2. The van der Waals surface area contributed by atoms with E-state index in [0.717, 1.165) is 30.6 Å². The maximum absolute atomic E-state index is 6.05. The molecule has 5 heteroatoms. The van der Waals surface area contributed by atoms with Crippen LogP contribution in [0.1, 0.15) is 31.2 Å². The molecule has 0 saturated carbocycles. The minimum absolute atomic E-state index is 0.430. The fourth-order valence-electron chi connectivity index (χ4n) is 2.37. The second-order valence-electron chi connectivity index (χ2n) is 5.14. The Bertz CT molecular complexity index is 600. The molecular weight excluding hydrogens is 242 g/mol. The van der Waals surface area contributed by atoms with Gasteiger partial charge in [0.2, 0.25) is 5.82 Å². The summed E-state index contributed by atoms with van der Waals surface area (Å²) in [5.41, 5.74) is 8.08. The van der Waals surface area contributed by atoms with Crippen molar-refractivity contribution >= 4 is 5.69 Å². The molecular formula is C14H17N3O2. The topological polar surface area (TPSA) is 74.2 Å². The van der Waals surface area contributed by atoms with Crippen LogP contribution >= 0.6 is 0 Å². The molecule has 1 aromatic carbocycles. The molecule has 19 heavy (non-hydrogen) atoms. The van der Waals surface area contributed by atoms with Crippen LogP contribution in [0.25, 0.3) is 11.5 Å². The Balaban J connectivity index is 1.99. The largest absolute Gasteiger partial charge is 0.398 e. The SMILES string of the molecule is Cc1cccc(-c2nc(C3(C)CCCO3)no2)c1N. The lowest BCUT2D eigenvalue weighted by molar-refractivity contribution is 0.00768. The van der Waals surface area contributed by atoms with Crippen molar-refractivity contribution in [3.8, 4) is 11.5 Å². The molecule has 3 rings (SSSR count). The van der Waals surface area contributed by atoms with E-state index in [1.54, 1.807) is 0 Å². The summed E-state index contributed by atoms with van der Waals surface area (Å²) >= 11 is 0. The number of aromatic nitrogens is 2. The van der Waals surface area contributed by atoms with Crippen molar-refractivity contribution in [3.63, 3.8) is 0 Å². The summed E-state index contributed by atoms with van der Waals surface area (Å²) in [5, 5.41) is 4.05. The molecule has 1 aliphatic rings. The number of aryl methyl sites for hydroxylation is 1. The van der Waals surface area contributed by atoms with Crippen LogP contribution in [0.5, 0.6) is 0 Å². The third-order valence-corrected chi connectivity index (χ3v) is 3.67. The van der Waals surface area contributed by atoms with E-state index in [1.165, 1.54) is 0 Å². The first-order valence-corrected chi connectivity index (χ1v) is 6.44. The molecule has 2 N–H and O–H groups in total. The third-order valence-electron chi connectivity index (χ3n) is 3.67. The summed E-state index contributed by atoms with van der Waals surface area (Å²) in [4.78, 5) is 4.45. The molecule has 100 valence electrons.